The lowest BCUT2D eigenvalue weighted by Crippen LogP contribution is -2.13. The van der Waals surface area contributed by atoms with Crippen molar-refractivity contribution in [1.82, 2.24) is 0 Å². The van der Waals surface area contributed by atoms with Gasteiger partial charge >= 0.3 is 0 Å². The molecular formula is C25H26N2O3. The fraction of sp³-hybridized carbons (Fsp3) is 0.200. The van der Waals surface area contributed by atoms with Crippen molar-refractivity contribution < 1.29 is 14.3 Å². The van der Waals surface area contributed by atoms with Gasteiger partial charge in [-0.15, -0.1) is 0 Å². The minimum absolute atomic E-state index is 0.173. The average Bonchev–Trinajstić information content (AvgIpc) is 2.74. The number of carbonyl (C=O) groups excluding carboxylic acids is 2. The van der Waals surface area contributed by atoms with Crippen LogP contribution < -0.4 is 15.4 Å². The van der Waals surface area contributed by atoms with Gasteiger partial charge in [0.05, 0.1) is 6.61 Å². The van der Waals surface area contributed by atoms with Gasteiger partial charge in [0.15, 0.2) is 0 Å². The highest BCUT2D eigenvalue weighted by atomic mass is 16.5. The maximum atomic E-state index is 12.5. The zero-order valence-electron chi connectivity index (χ0n) is 17.4. The highest BCUT2D eigenvalue weighted by molar-refractivity contribution is 6.06. The molecule has 0 unspecified atom stereocenters. The molecule has 0 aromatic heterocycles. The van der Waals surface area contributed by atoms with E-state index in [1.54, 1.807) is 48.5 Å². The summed E-state index contributed by atoms with van der Waals surface area (Å²) in [5.74, 6) is 0.688. The lowest BCUT2D eigenvalue weighted by molar-refractivity contribution is 0.101. The van der Waals surface area contributed by atoms with Gasteiger partial charge in [0.1, 0.15) is 5.75 Å². The van der Waals surface area contributed by atoms with E-state index in [4.69, 9.17) is 4.74 Å². The Morgan fingerprint density at radius 1 is 0.800 bits per heavy atom. The number of carbonyl (C=O) groups is 2. The number of nitrogens with one attached hydrogen (secondary N) is 2. The summed E-state index contributed by atoms with van der Waals surface area (Å²) in [4.78, 5) is 24.9. The molecule has 0 saturated heterocycles. The normalized spacial score (nSPS) is 10.5. The average molecular weight is 402 g/mol. The predicted octanol–water partition coefficient (Wildman–Crippen LogP) is 5.53. The predicted molar refractivity (Wildman–Crippen MR) is 120 cm³/mol. The number of rotatable bonds is 7. The van der Waals surface area contributed by atoms with Crippen LogP contribution >= 0.6 is 0 Å². The van der Waals surface area contributed by atoms with Crippen LogP contribution in [0.3, 0.4) is 0 Å². The first-order valence-electron chi connectivity index (χ1n) is 9.93. The van der Waals surface area contributed by atoms with Crippen LogP contribution in [0, 0.1) is 12.8 Å². The van der Waals surface area contributed by atoms with Crippen molar-refractivity contribution >= 4 is 23.2 Å². The third kappa shape index (κ3) is 5.95. The number of amides is 2. The molecule has 0 aliphatic heterocycles. The largest absolute Gasteiger partial charge is 0.493 e. The Morgan fingerprint density at radius 3 is 1.87 bits per heavy atom. The van der Waals surface area contributed by atoms with Crippen LogP contribution in [0.25, 0.3) is 0 Å². The van der Waals surface area contributed by atoms with Crippen LogP contribution in [0.1, 0.15) is 40.1 Å². The first-order valence-corrected chi connectivity index (χ1v) is 9.93. The summed E-state index contributed by atoms with van der Waals surface area (Å²) in [6.45, 7) is 6.69. The van der Waals surface area contributed by atoms with E-state index in [2.05, 4.69) is 24.5 Å². The van der Waals surface area contributed by atoms with Crippen LogP contribution in [0.2, 0.25) is 0 Å². The van der Waals surface area contributed by atoms with E-state index < -0.39 is 0 Å². The smallest absolute Gasteiger partial charge is 0.255 e. The summed E-state index contributed by atoms with van der Waals surface area (Å²) < 4.78 is 5.68. The van der Waals surface area contributed by atoms with E-state index in [-0.39, 0.29) is 11.8 Å². The molecule has 154 valence electrons. The van der Waals surface area contributed by atoms with Crippen LogP contribution in [0.4, 0.5) is 11.4 Å². The summed E-state index contributed by atoms with van der Waals surface area (Å²) in [7, 11) is 0. The standard InChI is InChI=1S/C25H26N2O3/c1-17(2)16-30-23-9-5-8-20(15-23)25(29)27-22-12-10-21(11-13-22)26-24(28)19-7-4-6-18(3)14-19/h4-15,17H,16H2,1-3H3,(H,26,28)(H,27,29). The molecule has 0 heterocycles. The van der Waals surface area contributed by atoms with Gasteiger partial charge in [0.25, 0.3) is 11.8 Å². The van der Waals surface area contributed by atoms with E-state index >= 15 is 0 Å². The summed E-state index contributed by atoms with van der Waals surface area (Å²) in [6, 6.07) is 21.5. The van der Waals surface area contributed by atoms with Crippen molar-refractivity contribution in [3.8, 4) is 5.75 Å². The summed E-state index contributed by atoms with van der Waals surface area (Å²) in [5.41, 5.74) is 3.45. The molecule has 0 saturated carbocycles. The van der Waals surface area contributed by atoms with E-state index in [9.17, 15) is 9.59 Å². The lowest BCUT2D eigenvalue weighted by Gasteiger charge is -2.11. The number of anilines is 2. The topological polar surface area (TPSA) is 67.4 Å². The van der Waals surface area contributed by atoms with Crippen LogP contribution in [0.15, 0.2) is 72.8 Å². The van der Waals surface area contributed by atoms with E-state index in [1.807, 2.05) is 31.2 Å². The second kappa shape index (κ2) is 9.74. The fourth-order valence-electron chi connectivity index (χ4n) is 2.82. The molecule has 3 rings (SSSR count). The highest BCUT2D eigenvalue weighted by Gasteiger charge is 2.09. The quantitative estimate of drug-likeness (QED) is 0.546. The van der Waals surface area contributed by atoms with Crippen LogP contribution in [-0.2, 0) is 0 Å². The summed E-state index contributed by atoms with van der Waals surface area (Å²) in [5, 5.41) is 5.72. The van der Waals surface area contributed by atoms with Crippen molar-refractivity contribution in [1.29, 1.82) is 0 Å². The molecule has 0 aliphatic carbocycles. The number of hydrogen-bond donors (Lipinski definition) is 2. The minimum atomic E-state index is -0.221. The zero-order valence-corrected chi connectivity index (χ0v) is 17.4. The number of ether oxygens (including phenoxy) is 1. The molecule has 3 aromatic rings. The second-order valence-electron chi connectivity index (χ2n) is 7.59. The summed E-state index contributed by atoms with van der Waals surface area (Å²) >= 11 is 0. The Bertz CT molecular complexity index is 1030. The number of hydrogen-bond acceptors (Lipinski definition) is 3. The Morgan fingerprint density at radius 2 is 1.33 bits per heavy atom. The van der Waals surface area contributed by atoms with Crippen molar-refractivity contribution in [3.63, 3.8) is 0 Å². The first-order chi connectivity index (χ1) is 14.4. The monoisotopic (exact) mass is 402 g/mol. The Hall–Kier alpha value is -3.60. The molecule has 0 atom stereocenters. The molecule has 5 nitrogen and oxygen atoms in total. The fourth-order valence-corrected chi connectivity index (χ4v) is 2.82. The molecular weight excluding hydrogens is 376 g/mol. The molecule has 0 spiro atoms. The van der Waals surface area contributed by atoms with Crippen molar-refractivity contribution in [3.05, 3.63) is 89.5 Å². The minimum Gasteiger partial charge on any atom is -0.493 e. The summed E-state index contributed by atoms with van der Waals surface area (Å²) in [6.07, 6.45) is 0. The highest BCUT2D eigenvalue weighted by Crippen LogP contribution is 2.18. The molecule has 0 fully saturated rings. The van der Waals surface area contributed by atoms with Gasteiger partial charge in [0, 0.05) is 22.5 Å². The van der Waals surface area contributed by atoms with Crippen molar-refractivity contribution in [2.75, 3.05) is 17.2 Å². The van der Waals surface area contributed by atoms with Crippen LogP contribution in [0.5, 0.6) is 5.75 Å². The second-order valence-corrected chi connectivity index (χ2v) is 7.59. The molecule has 2 amide bonds. The number of aryl methyl sites for hydroxylation is 1. The van der Waals surface area contributed by atoms with Gasteiger partial charge in [-0.2, -0.15) is 0 Å². The molecule has 0 radical (unpaired) electrons. The maximum absolute atomic E-state index is 12.5. The van der Waals surface area contributed by atoms with Gasteiger partial charge in [-0.1, -0.05) is 37.6 Å². The Labute approximate surface area is 177 Å². The van der Waals surface area contributed by atoms with Gasteiger partial charge in [-0.3, -0.25) is 9.59 Å². The van der Waals surface area contributed by atoms with Gasteiger partial charge in [-0.25, -0.2) is 0 Å². The van der Waals surface area contributed by atoms with E-state index in [0.29, 0.717) is 40.8 Å². The van der Waals surface area contributed by atoms with Crippen molar-refractivity contribution in [2.45, 2.75) is 20.8 Å². The first kappa shape index (κ1) is 21.1. The molecule has 2 N–H and O–H groups in total. The number of benzene rings is 3. The van der Waals surface area contributed by atoms with E-state index in [1.165, 1.54) is 0 Å². The molecule has 0 bridgehead atoms. The molecule has 0 aliphatic rings. The SMILES string of the molecule is Cc1cccc(C(=O)Nc2ccc(NC(=O)c3cccc(OCC(C)C)c3)cc2)c1. The Kier molecular flexibility index (Phi) is 6.86. The molecule has 3 aromatic carbocycles. The molecule has 30 heavy (non-hydrogen) atoms. The third-order valence-corrected chi connectivity index (χ3v) is 4.36. The van der Waals surface area contributed by atoms with Gasteiger partial charge < -0.3 is 15.4 Å². The van der Waals surface area contributed by atoms with Gasteiger partial charge in [-0.05, 0) is 67.4 Å². The van der Waals surface area contributed by atoms with Crippen LogP contribution in [-0.4, -0.2) is 18.4 Å². The maximum Gasteiger partial charge on any atom is 0.255 e. The molecule has 5 heteroatoms. The zero-order chi connectivity index (χ0) is 21.5. The third-order valence-electron chi connectivity index (χ3n) is 4.36. The lowest BCUT2D eigenvalue weighted by atomic mass is 10.1. The van der Waals surface area contributed by atoms with E-state index in [0.717, 1.165) is 5.56 Å². The Balaban J connectivity index is 1.61. The van der Waals surface area contributed by atoms with Gasteiger partial charge in [0.2, 0.25) is 0 Å². The van der Waals surface area contributed by atoms with Crippen molar-refractivity contribution in [2.24, 2.45) is 5.92 Å².